The van der Waals surface area contributed by atoms with Crippen molar-refractivity contribution in [2.45, 2.75) is 40.2 Å². The Morgan fingerprint density at radius 1 is 1.37 bits per heavy atom. The summed E-state index contributed by atoms with van der Waals surface area (Å²) < 4.78 is 0. The van der Waals surface area contributed by atoms with Crippen LogP contribution < -0.4 is 10.6 Å². The Morgan fingerprint density at radius 3 is 2.42 bits per heavy atom. The lowest BCUT2D eigenvalue weighted by molar-refractivity contribution is 0.0698. The number of carboxylic acids is 1. The van der Waals surface area contributed by atoms with Crippen molar-refractivity contribution in [2.24, 2.45) is 5.92 Å². The molecular formula is C15H24N2O2. The van der Waals surface area contributed by atoms with Gasteiger partial charge in [-0.2, -0.15) is 0 Å². The number of carbonyl (C=O) groups is 1. The molecule has 1 unspecified atom stereocenters. The third kappa shape index (κ3) is 3.63. The minimum atomic E-state index is -0.979. The highest BCUT2D eigenvalue weighted by Crippen LogP contribution is 2.27. The SMILES string of the molecule is Cc1cc(N(C)C(C)CC(C)C)cc(C(=O)O)c1N. The first-order valence-corrected chi connectivity index (χ1v) is 6.60. The van der Waals surface area contributed by atoms with Crippen LogP contribution in [-0.4, -0.2) is 24.2 Å². The van der Waals surface area contributed by atoms with Gasteiger partial charge >= 0.3 is 5.97 Å². The molecule has 106 valence electrons. The molecule has 0 saturated carbocycles. The zero-order chi connectivity index (χ0) is 14.7. The van der Waals surface area contributed by atoms with Crippen molar-refractivity contribution in [1.29, 1.82) is 0 Å². The van der Waals surface area contributed by atoms with Gasteiger partial charge in [0.25, 0.3) is 0 Å². The van der Waals surface area contributed by atoms with Gasteiger partial charge in [0, 0.05) is 24.5 Å². The fourth-order valence-electron chi connectivity index (χ4n) is 2.25. The molecule has 0 heterocycles. The summed E-state index contributed by atoms with van der Waals surface area (Å²) in [5.74, 6) is -0.376. The number of nitrogen functional groups attached to an aromatic ring is 1. The summed E-state index contributed by atoms with van der Waals surface area (Å²) >= 11 is 0. The molecule has 0 spiro atoms. The molecule has 19 heavy (non-hydrogen) atoms. The Labute approximate surface area is 115 Å². The van der Waals surface area contributed by atoms with Crippen LogP contribution in [0.4, 0.5) is 11.4 Å². The number of benzene rings is 1. The molecule has 0 saturated heterocycles. The fourth-order valence-corrected chi connectivity index (χ4v) is 2.25. The van der Waals surface area contributed by atoms with Crippen LogP contribution in [0.5, 0.6) is 0 Å². The largest absolute Gasteiger partial charge is 0.478 e. The van der Waals surface area contributed by atoms with Gasteiger partial charge in [0.15, 0.2) is 0 Å². The topological polar surface area (TPSA) is 66.6 Å². The number of hydrogen-bond donors (Lipinski definition) is 2. The Bertz CT molecular complexity index is 469. The number of aromatic carboxylic acids is 1. The van der Waals surface area contributed by atoms with Crippen LogP contribution >= 0.6 is 0 Å². The third-order valence-electron chi connectivity index (χ3n) is 3.48. The lowest BCUT2D eigenvalue weighted by Crippen LogP contribution is -2.30. The molecule has 0 fully saturated rings. The maximum absolute atomic E-state index is 11.2. The second kappa shape index (κ2) is 5.95. The van der Waals surface area contributed by atoms with Crippen molar-refractivity contribution in [2.75, 3.05) is 17.7 Å². The second-order valence-corrected chi connectivity index (χ2v) is 5.62. The summed E-state index contributed by atoms with van der Waals surface area (Å²) in [4.78, 5) is 13.3. The van der Waals surface area contributed by atoms with Gasteiger partial charge in [0.2, 0.25) is 0 Å². The highest BCUT2D eigenvalue weighted by atomic mass is 16.4. The number of anilines is 2. The van der Waals surface area contributed by atoms with Crippen molar-refractivity contribution >= 4 is 17.3 Å². The van der Waals surface area contributed by atoms with E-state index in [1.54, 1.807) is 6.07 Å². The minimum Gasteiger partial charge on any atom is -0.478 e. The van der Waals surface area contributed by atoms with Crippen LogP contribution in [0.25, 0.3) is 0 Å². The zero-order valence-corrected chi connectivity index (χ0v) is 12.4. The molecule has 4 heteroatoms. The van der Waals surface area contributed by atoms with Crippen LogP contribution in [0.2, 0.25) is 0 Å². The molecule has 1 rings (SSSR count). The maximum atomic E-state index is 11.2. The Kier molecular flexibility index (Phi) is 4.81. The molecule has 0 aliphatic heterocycles. The van der Waals surface area contributed by atoms with E-state index in [2.05, 4.69) is 25.7 Å². The van der Waals surface area contributed by atoms with E-state index in [1.165, 1.54) is 0 Å². The summed E-state index contributed by atoms with van der Waals surface area (Å²) in [6.07, 6.45) is 1.06. The molecule has 0 amide bonds. The first-order chi connectivity index (χ1) is 8.73. The maximum Gasteiger partial charge on any atom is 0.337 e. The highest BCUT2D eigenvalue weighted by molar-refractivity contribution is 5.95. The van der Waals surface area contributed by atoms with E-state index in [1.807, 2.05) is 20.0 Å². The van der Waals surface area contributed by atoms with Crippen LogP contribution in [0, 0.1) is 12.8 Å². The molecule has 0 aromatic heterocycles. The van der Waals surface area contributed by atoms with E-state index in [-0.39, 0.29) is 5.56 Å². The molecule has 0 radical (unpaired) electrons. The molecule has 1 aromatic carbocycles. The summed E-state index contributed by atoms with van der Waals surface area (Å²) in [7, 11) is 1.99. The Hall–Kier alpha value is -1.71. The number of carboxylic acid groups (broad SMARTS) is 1. The van der Waals surface area contributed by atoms with Gasteiger partial charge in [-0.15, -0.1) is 0 Å². The van der Waals surface area contributed by atoms with Crippen LogP contribution in [-0.2, 0) is 0 Å². The lowest BCUT2D eigenvalue weighted by Gasteiger charge is -2.29. The zero-order valence-electron chi connectivity index (χ0n) is 12.4. The first kappa shape index (κ1) is 15.3. The van der Waals surface area contributed by atoms with Gasteiger partial charge in [-0.25, -0.2) is 4.79 Å². The average molecular weight is 264 g/mol. The van der Waals surface area contributed by atoms with Crippen molar-refractivity contribution in [3.8, 4) is 0 Å². The van der Waals surface area contributed by atoms with Gasteiger partial charge < -0.3 is 15.7 Å². The number of nitrogens with zero attached hydrogens (tertiary/aromatic N) is 1. The van der Waals surface area contributed by atoms with Gasteiger partial charge in [0.1, 0.15) is 0 Å². The minimum absolute atomic E-state index is 0.179. The quantitative estimate of drug-likeness (QED) is 0.802. The standard InChI is InChI=1S/C15H24N2O2/c1-9(2)6-11(4)17(5)12-7-10(3)14(16)13(8-12)15(18)19/h7-9,11H,6,16H2,1-5H3,(H,18,19). The predicted octanol–water partition coefficient (Wildman–Crippen LogP) is 3.15. The molecule has 4 nitrogen and oxygen atoms in total. The van der Waals surface area contributed by atoms with E-state index < -0.39 is 5.97 Å². The van der Waals surface area contributed by atoms with Crippen molar-refractivity contribution in [1.82, 2.24) is 0 Å². The molecule has 1 atom stereocenters. The van der Waals surface area contributed by atoms with E-state index >= 15 is 0 Å². The molecule has 1 aromatic rings. The van der Waals surface area contributed by atoms with E-state index in [0.29, 0.717) is 17.6 Å². The van der Waals surface area contributed by atoms with Gasteiger partial charge in [0.05, 0.1) is 5.56 Å². The molecule has 0 aliphatic rings. The van der Waals surface area contributed by atoms with Gasteiger partial charge in [-0.1, -0.05) is 13.8 Å². The third-order valence-corrected chi connectivity index (χ3v) is 3.48. The normalized spacial score (nSPS) is 12.5. The second-order valence-electron chi connectivity index (χ2n) is 5.62. The van der Waals surface area contributed by atoms with Crippen molar-refractivity contribution in [3.05, 3.63) is 23.3 Å². The fraction of sp³-hybridized carbons (Fsp3) is 0.533. The smallest absolute Gasteiger partial charge is 0.337 e. The van der Waals surface area contributed by atoms with Crippen LogP contribution in [0.1, 0.15) is 43.1 Å². The predicted molar refractivity (Wildman–Crippen MR) is 79.9 cm³/mol. The van der Waals surface area contributed by atoms with Crippen molar-refractivity contribution in [3.63, 3.8) is 0 Å². The molecular weight excluding hydrogens is 240 g/mol. The van der Waals surface area contributed by atoms with E-state index in [0.717, 1.165) is 17.7 Å². The number of rotatable bonds is 5. The van der Waals surface area contributed by atoms with E-state index in [4.69, 9.17) is 5.73 Å². The molecule has 3 N–H and O–H groups in total. The molecule has 0 bridgehead atoms. The van der Waals surface area contributed by atoms with Crippen LogP contribution in [0.3, 0.4) is 0 Å². The van der Waals surface area contributed by atoms with Gasteiger partial charge in [-0.05, 0) is 43.9 Å². The number of nitrogens with two attached hydrogens (primary N) is 1. The summed E-state index contributed by atoms with van der Waals surface area (Å²) in [5, 5.41) is 9.18. The monoisotopic (exact) mass is 264 g/mol. The number of aryl methyl sites for hydroxylation is 1. The summed E-state index contributed by atoms with van der Waals surface area (Å²) in [6.45, 7) is 8.35. The first-order valence-electron chi connectivity index (χ1n) is 6.60. The Balaban J connectivity index is 3.10. The van der Waals surface area contributed by atoms with E-state index in [9.17, 15) is 9.90 Å². The van der Waals surface area contributed by atoms with Crippen LogP contribution in [0.15, 0.2) is 12.1 Å². The van der Waals surface area contributed by atoms with Crippen molar-refractivity contribution < 1.29 is 9.90 Å². The Morgan fingerprint density at radius 2 is 1.95 bits per heavy atom. The number of hydrogen-bond acceptors (Lipinski definition) is 3. The summed E-state index contributed by atoms with van der Waals surface area (Å²) in [5.41, 5.74) is 8.04. The lowest BCUT2D eigenvalue weighted by atomic mass is 10.0. The summed E-state index contributed by atoms with van der Waals surface area (Å²) in [6, 6.07) is 3.95. The molecule has 0 aliphatic carbocycles. The van der Waals surface area contributed by atoms with Gasteiger partial charge in [-0.3, -0.25) is 0 Å². The highest BCUT2D eigenvalue weighted by Gasteiger charge is 2.17. The average Bonchev–Trinajstić information content (AvgIpc) is 2.30.